The van der Waals surface area contributed by atoms with Gasteiger partial charge in [0.15, 0.2) is 5.43 Å². The van der Waals surface area contributed by atoms with Crippen molar-refractivity contribution < 1.29 is 4.90 Å². The average molecular weight is 357 g/mol. The predicted molar refractivity (Wildman–Crippen MR) is 110 cm³/mol. The van der Waals surface area contributed by atoms with E-state index < -0.39 is 0 Å². The molecule has 2 aromatic rings. The smallest absolute Gasteiger partial charge is 0.198 e. The van der Waals surface area contributed by atoms with Crippen LogP contribution in [0.3, 0.4) is 0 Å². The maximum absolute atomic E-state index is 13.3. The van der Waals surface area contributed by atoms with Gasteiger partial charge in [-0.3, -0.25) is 4.79 Å². The molecule has 2 atom stereocenters. The van der Waals surface area contributed by atoms with Crippen molar-refractivity contribution in [2.45, 2.75) is 66.0 Å². The van der Waals surface area contributed by atoms with Crippen LogP contribution in [-0.2, 0) is 6.54 Å². The third-order valence-corrected chi connectivity index (χ3v) is 6.20. The minimum absolute atomic E-state index is 0.221. The SMILES string of the molecule is CC[C@@H]1CCCC[NH+]1Cc1c(C)[nH]c2ccc(N(CC)CC)cc2c1=O. The maximum atomic E-state index is 13.3. The lowest BCUT2D eigenvalue weighted by Crippen LogP contribution is -3.15. The number of aryl methyl sites for hydroxylation is 1. The Morgan fingerprint density at radius 3 is 2.65 bits per heavy atom. The second-order valence-electron chi connectivity index (χ2n) is 7.65. The van der Waals surface area contributed by atoms with Gasteiger partial charge in [-0.1, -0.05) is 6.92 Å². The molecule has 1 fully saturated rings. The van der Waals surface area contributed by atoms with E-state index in [1.54, 1.807) is 4.90 Å². The molecule has 0 amide bonds. The largest absolute Gasteiger partial charge is 0.372 e. The topological polar surface area (TPSA) is 40.5 Å². The van der Waals surface area contributed by atoms with Gasteiger partial charge in [-0.25, -0.2) is 0 Å². The van der Waals surface area contributed by atoms with Crippen molar-refractivity contribution in [3.05, 3.63) is 39.7 Å². The Morgan fingerprint density at radius 2 is 1.96 bits per heavy atom. The van der Waals surface area contributed by atoms with Crippen LogP contribution < -0.4 is 15.2 Å². The number of aromatic nitrogens is 1. The number of likely N-dealkylation sites (tertiary alicyclic amines) is 1. The van der Waals surface area contributed by atoms with E-state index in [1.165, 1.54) is 32.2 Å². The molecule has 1 aromatic heterocycles. The Bertz CT molecular complexity index is 807. The third-order valence-electron chi connectivity index (χ3n) is 6.20. The minimum atomic E-state index is 0.221. The molecule has 4 nitrogen and oxygen atoms in total. The first-order valence-electron chi connectivity index (χ1n) is 10.3. The molecule has 0 aliphatic carbocycles. The lowest BCUT2D eigenvalue weighted by Gasteiger charge is -2.32. The van der Waals surface area contributed by atoms with E-state index in [4.69, 9.17) is 0 Å². The summed E-state index contributed by atoms with van der Waals surface area (Å²) >= 11 is 0. The molecule has 0 saturated carbocycles. The Kier molecular flexibility index (Phi) is 6.02. The number of H-pyrrole nitrogens is 1. The molecular weight excluding hydrogens is 322 g/mol. The second kappa shape index (κ2) is 8.26. The van der Waals surface area contributed by atoms with Crippen molar-refractivity contribution in [2.24, 2.45) is 0 Å². The van der Waals surface area contributed by atoms with Crippen molar-refractivity contribution in [3.8, 4) is 0 Å². The van der Waals surface area contributed by atoms with Gasteiger partial charge < -0.3 is 14.8 Å². The number of fused-ring (bicyclic) bond motifs is 1. The molecule has 26 heavy (non-hydrogen) atoms. The molecule has 2 heterocycles. The van der Waals surface area contributed by atoms with Crippen molar-refractivity contribution in [2.75, 3.05) is 24.5 Å². The summed E-state index contributed by atoms with van der Waals surface area (Å²) < 4.78 is 0. The van der Waals surface area contributed by atoms with Gasteiger partial charge in [0, 0.05) is 35.4 Å². The molecule has 0 radical (unpaired) electrons. The van der Waals surface area contributed by atoms with Crippen molar-refractivity contribution in [1.82, 2.24) is 4.98 Å². The van der Waals surface area contributed by atoms with Crippen molar-refractivity contribution in [3.63, 3.8) is 0 Å². The maximum Gasteiger partial charge on any atom is 0.198 e. The highest BCUT2D eigenvalue weighted by molar-refractivity contribution is 5.83. The number of benzene rings is 1. The van der Waals surface area contributed by atoms with Crippen LogP contribution in [0.25, 0.3) is 10.9 Å². The average Bonchev–Trinajstić information content (AvgIpc) is 2.66. The zero-order valence-corrected chi connectivity index (χ0v) is 16.8. The van der Waals surface area contributed by atoms with E-state index in [-0.39, 0.29) is 5.43 Å². The normalized spacial score (nSPS) is 20.5. The fourth-order valence-electron chi connectivity index (χ4n) is 4.54. The van der Waals surface area contributed by atoms with E-state index in [0.29, 0.717) is 6.04 Å². The molecule has 0 bridgehead atoms. The predicted octanol–water partition coefficient (Wildman–Crippen LogP) is 3.03. The van der Waals surface area contributed by atoms with Crippen LogP contribution in [-0.4, -0.2) is 30.7 Å². The van der Waals surface area contributed by atoms with Crippen LogP contribution in [0.5, 0.6) is 0 Å². The van der Waals surface area contributed by atoms with Gasteiger partial charge in [0.25, 0.3) is 0 Å². The van der Waals surface area contributed by atoms with E-state index in [0.717, 1.165) is 47.5 Å². The van der Waals surface area contributed by atoms with Gasteiger partial charge in [0.05, 0.1) is 18.2 Å². The van der Waals surface area contributed by atoms with Gasteiger partial charge in [0.1, 0.15) is 6.54 Å². The Labute approximate surface area is 157 Å². The summed E-state index contributed by atoms with van der Waals surface area (Å²) in [7, 11) is 0. The first-order valence-corrected chi connectivity index (χ1v) is 10.3. The zero-order valence-electron chi connectivity index (χ0n) is 16.8. The molecular formula is C22H34N3O+. The van der Waals surface area contributed by atoms with Gasteiger partial charge in [-0.05, 0) is 64.7 Å². The summed E-state index contributed by atoms with van der Waals surface area (Å²) in [4.78, 5) is 20.7. The van der Waals surface area contributed by atoms with Crippen LogP contribution in [0.15, 0.2) is 23.0 Å². The monoisotopic (exact) mass is 356 g/mol. The van der Waals surface area contributed by atoms with Crippen LogP contribution in [0.2, 0.25) is 0 Å². The van der Waals surface area contributed by atoms with Crippen LogP contribution in [0.4, 0.5) is 5.69 Å². The molecule has 2 N–H and O–H groups in total. The second-order valence-corrected chi connectivity index (χ2v) is 7.65. The number of nitrogens with zero attached hydrogens (tertiary/aromatic N) is 1. The minimum Gasteiger partial charge on any atom is -0.372 e. The number of aromatic amines is 1. The van der Waals surface area contributed by atoms with Gasteiger partial charge in [0.2, 0.25) is 0 Å². The quantitative estimate of drug-likeness (QED) is 0.835. The molecule has 1 saturated heterocycles. The highest BCUT2D eigenvalue weighted by Crippen LogP contribution is 2.20. The zero-order chi connectivity index (χ0) is 18.7. The number of piperidine rings is 1. The number of quaternary nitrogens is 1. The number of pyridine rings is 1. The Hall–Kier alpha value is -1.81. The first kappa shape index (κ1) is 19.0. The molecule has 0 spiro atoms. The summed E-state index contributed by atoms with van der Waals surface area (Å²) in [5.41, 5.74) is 4.32. The van der Waals surface area contributed by atoms with Gasteiger partial charge in [-0.2, -0.15) is 0 Å². The van der Waals surface area contributed by atoms with Crippen LogP contribution >= 0.6 is 0 Å². The number of rotatable bonds is 6. The van der Waals surface area contributed by atoms with Crippen LogP contribution in [0, 0.1) is 6.92 Å². The van der Waals surface area contributed by atoms with Crippen molar-refractivity contribution >= 4 is 16.6 Å². The lowest BCUT2D eigenvalue weighted by atomic mass is 9.98. The Balaban J connectivity index is 2.01. The fourth-order valence-corrected chi connectivity index (χ4v) is 4.54. The standard InChI is InChI=1S/C22H33N3O/c1-5-17-10-8-9-13-25(17)15-20-16(4)23-21-12-11-18(24(6-2)7-3)14-19(21)22(20)26/h11-12,14,17H,5-10,13,15H2,1-4H3,(H,23,26)/p+1/t17-/m1/s1. The molecule has 4 heteroatoms. The highest BCUT2D eigenvalue weighted by atomic mass is 16.1. The lowest BCUT2D eigenvalue weighted by molar-refractivity contribution is -0.944. The summed E-state index contributed by atoms with van der Waals surface area (Å²) in [6.45, 7) is 12.6. The van der Waals surface area contributed by atoms with Crippen LogP contribution in [0.1, 0.15) is 57.7 Å². The first-order chi connectivity index (χ1) is 12.6. The van der Waals surface area contributed by atoms with E-state index in [1.807, 2.05) is 0 Å². The summed E-state index contributed by atoms with van der Waals surface area (Å²) in [6, 6.07) is 6.95. The summed E-state index contributed by atoms with van der Waals surface area (Å²) in [5.74, 6) is 0. The highest BCUT2D eigenvalue weighted by Gasteiger charge is 2.26. The third kappa shape index (κ3) is 3.66. The number of anilines is 1. The Morgan fingerprint density at radius 1 is 1.19 bits per heavy atom. The molecule has 1 unspecified atom stereocenters. The molecule has 142 valence electrons. The molecule has 1 aliphatic heterocycles. The molecule has 1 aliphatic rings. The number of hydrogen-bond acceptors (Lipinski definition) is 2. The van der Waals surface area contributed by atoms with Gasteiger partial charge >= 0.3 is 0 Å². The summed E-state index contributed by atoms with van der Waals surface area (Å²) in [6.07, 6.45) is 5.11. The van der Waals surface area contributed by atoms with Gasteiger partial charge in [-0.15, -0.1) is 0 Å². The summed E-state index contributed by atoms with van der Waals surface area (Å²) in [5, 5.41) is 0.833. The van der Waals surface area contributed by atoms with E-state index in [9.17, 15) is 4.79 Å². The molecule has 1 aromatic carbocycles. The van der Waals surface area contributed by atoms with E-state index in [2.05, 4.69) is 55.8 Å². The number of hydrogen-bond donors (Lipinski definition) is 2. The fraction of sp³-hybridized carbons (Fsp3) is 0.591. The number of nitrogens with one attached hydrogen (secondary N) is 2. The van der Waals surface area contributed by atoms with E-state index >= 15 is 0 Å². The molecule has 3 rings (SSSR count). The van der Waals surface area contributed by atoms with Crippen molar-refractivity contribution in [1.29, 1.82) is 0 Å².